The van der Waals surface area contributed by atoms with Crippen molar-refractivity contribution in [3.8, 4) is 5.75 Å². The van der Waals surface area contributed by atoms with E-state index in [1.165, 1.54) is 0 Å². The van der Waals surface area contributed by atoms with Crippen molar-refractivity contribution in [1.29, 1.82) is 0 Å². The van der Waals surface area contributed by atoms with Crippen molar-refractivity contribution >= 4 is 11.6 Å². The molecule has 0 saturated carbocycles. The Balaban J connectivity index is 2.84. The first-order valence-corrected chi connectivity index (χ1v) is 7.42. The average Bonchev–Trinajstić information content (AvgIpc) is 2.41. The second kappa shape index (κ2) is 7.46. The summed E-state index contributed by atoms with van der Waals surface area (Å²) in [5, 5.41) is 2.93. The van der Waals surface area contributed by atoms with Crippen molar-refractivity contribution in [3.63, 3.8) is 0 Å². The van der Waals surface area contributed by atoms with E-state index in [-0.39, 0.29) is 5.91 Å². The van der Waals surface area contributed by atoms with Crippen LogP contribution in [0.25, 0.3) is 0 Å². The van der Waals surface area contributed by atoms with E-state index in [2.05, 4.69) is 19.2 Å². The highest BCUT2D eigenvalue weighted by Gasteiger charge is 2.33. The molecule has 0 aliphatic rings. The molecule has 0 spiro atoms. The Bertz CT molecular complexity index is 485. The first-order valence-electron chi connectivity index (χ1n) is 7.42. The number of amides is 1. The molecule has 1 N–H and O–H groups in total. The summed E-state index contributed by atoms with van der Waals surface area (Å²) in [7, 11) is 1.57. The average molecular weight is 293 g/mol. The molecule has 1 aromatic rings. The van der Waals surface area contributed by atoms with Crippen LogP contribution in [0.4, 0.5) is 5.69 Å². The fourth-order valence-corrected chi connectivity index (χ4v) is 2.36. The minimum absolute atomic E-state index is 0.123. The van der Waals surface area contributed by atoms with Gasteiger partial charge >= 0.3 is 0 Å². The molecular formula is C17H27NO3. The van der Waals surface area contributed by atoms with E-state index >= 15 is 0 Å². The van der Waals surface area contributed by atoms with Crippen molar-refractivity contribution < 1.29 is 14.3 Å². The van der Waals surface area contributed by atoms with Crippen LogP contribution >= 0.6 is 0 Å². The molecule has 118 valence electrons. The molecule has 0 radical (unpaired) electrons. The van der Waals surface area contributed by atoms with Crippen LogP contribution in [0.5, 0.6) is 5.75 Å². The zero-order valence-electron chi connectivity index (χ0n) is 13.9. The van der Waals surface area contributed by atoms with Crippen LogP contribution in [0.1, 0.15) is 39.7 Å². The van der Waals surface area contributed by atoms with Crippen LogP contribution in [-0.4, -0.2) is 25.2 Å². The summed E-state index contributed by atoms with van der Waals surface area (Å²) in [4.78, 5) is 12.5. The van der Waals surface area contributed by atoms with E-state index < -0.39 is 5.60 Å². The van der Waals surface area contributed by atoms with Gasteiger partial charge in [-0.25, -0.2) is 0 Å². The van der Waals surface area contributed by atoms with Gasteiger partial charge in [-0.3, -0.25) is 4.79 Å². The fourth-order valence-electron chi connectivity index (χ4n) is 2.36. The zero-order chi connectivity index (χ0) is 16.0. The topological polar surface area (TPSA) is 47.6 Å². The van der Waals surface area contributed by atoms with Gasteiger partial charge in [-0.2, -0.15) is 0 Å². The molecule has 1 aromatic carbocycles. The first-order chi connectivity index (χ1) is 9.82. The van der Waals surface area contributed by atoms with E-state index in [1.54, 1.807) is 7.11 Å². The van der Waals surface area contributed by atoms with Gasteiger partial charge in [0.15, 0.2) is 0 Å². The highest BCUT2D eigenvalue weighted by Crippen LogP contribution is 2.25. The van der Waals surface area contributed by atoms with Gasteiger partial charge in [0.25, 0.3) is 5.91 Å². The Hall–Kier alpha value is -1.55. The lowest BCUT2D eigenvalue weighted by Crippen LogP contribution is -2.43. The van der Waals surface area contributed by atoms with Gasteiger partial charge in [0, 0.05) is 12.8 Å². The molecule has 0 aliphatic heterocycles. The van der Waals surface area contributed by atoms with E-state index in [1.807, 2.05) is 39.0 Å². The predicted molar refractivity (Wildman–Crippen MR) is 85.8 cm³/mol. The van der Waals surface area contributed by atoms with E-state index in [0.717, 1.165) is 17.0 Å². The molecule has 0 aromatic heterocycles. The molecule has 0 saturated heterocycles. The number of hydrogen-bond acceptors (Lipinski definition) is 3. The Morgan fingerprint density at radius 2 is 2.05 bits per heavy atom. The standard InChI is InChI=1S/C17H27NO3/c1-7-21-15-9-8-14(10-13(15)4)18-16(19)17(5,20-6)11-12(2)3/h8-10,12H,7,11H2,1-6H3,(H,18,19). The third-order valence-electron chi connectivity index (χ3n) is 3.46. The third-order valence-corrected chi connectivity index (χ3v) is 3.46. The number of rotatable bonds is 7. The van der Waals surface area contributed by atoms with Crippen molar-refractivity contribution in [3.05, 3.63) is 23.8 Å². The van der Waals surface area contributed by atoms with E-state index in [4.69, 9.17) is 9.47 Å². The number of ether oxygens (including phenoxy) is 2. The fraction of sp³-hybridized carbons (Fsp3) is 0.588. The van der Waals surface area contributed by atoms with Gasteiger partial charge in [-0.1, -0.05) is 13.8 Å². The maximum Gasteiger partial charge on any atom is 0.256 e. The number of carbonyl (C=O) groups is 1. The van der Waals surface area contributed by atoms with Gasteiger partial charge in [-0.05, 0) is 56.9 Å². The second-order valence-corrected chi connectivity index (χ2v) is 5.90. The van der Waals surface area contributed by atoms with Crippen molar-refractivity contribution in [2.75, 3.05) is 19.0 Å². The largest absolute Gasteiger partial charge is 0.494 e. The Labute approximate surface area is 127 Å². The van der Waals surface area contributed by atoms with Gasteiger partial charge in [0.2, 0.25) is 0 Å². The molecule has 1 rings (SSSR count). The van der Waals surface area contributed by atoms with Crippen LogP contribution in [0.3, 0.4) is 0 Å². The van der Waals surface area contributed by atoms with Gasteiger partial charge in [0.05, 0.1) is 6.61 Å². The summed E-state index contributed by atoms with van der Waals surface area (Å²) in [6, 6.07) is 5.64. The number of anilines is 1. The zero-order valence-corrected chi connectivity index (χ0v) is 13.9. The number of methoxy groups -OCH3 is 1. The molecule has 0 bridgehead atoms. The molecule has 21 heavy (non-hydrogen) atoms. The summed E-state index contributed by atoms with van der Waals surface area (Å²) in [5.41, 5.74) is 0.936. The summed E-state index contributed by atoms with van der Waals surface area (Å²) in [6.07, 6.45) is 0.672. The Kier molecular flexibility index (Phi) is 6.21. The van der Waals surface area contributed by atoms with Crippen LogP contribution in [-0.2, 0) is 9.53 Å². The van der Waals surface area contributed by atoms with Gasteiger partial charge < -0.3 is 14.8 Å². The molecule has 0 heterocycles. The monoisotopic (exact) mass is 293 g/mol. The van der Waals surface area contributed by atoms with Crippen molar-refractivity contribution in [1.82, 2.24) is 0 Å². The van der Waals surface area contributed by atoms with Gasteiger partial charge in [0.1, 0.15) is 11.4 Å². The molecule has 1 atom stereocenters. The molecule has 0 fully saturated rings. The Morgan fingerprint density at radius 3 is 2.52 bits per heavy atom. The maximum absolute atomic E-state index is 12.5. The maximum atomic E-state index is 12.5. The third kappa shape index (κ3) is 4.74. The molecule has 4 heteroatoms. The summed E-state index contributed by atoms with van der Waals surface area (Å²) < 4.78 is 10.9. The van der Waals surface area contributed by atoms with Crippen molar-refractivity contribution in [2.45, 2.75) is 46.6 Å². The van der Waals surface area contributed by atoms with Gasteiger partial charge in [-0.15, -0.1) is 0 Å². The summed E-state index contributed by atoms with van der Waals surface area (Å²) in [6.45, 7) is 10.5. The molecule has 1 unspecified atom stereocenters. The highest BCUT2D eigenvalue weighted by atomic mass is 16.5. The number of benzene rings is 1. The van der Waals surface area contributed by atoms with E-state index in [0.29, 0.717) is 18.9 Å². The predicted octanol–water partition coefficient (Wildman–Crippen LogP) is 3.78. The van der Waals surface area contributed by atoms with E-state index in [9.17, 15) is 4.79 Å². The number of carbonyl (C=O) groups excluding carboxylic acids is 1. The molecular weight excluding hydrogens is 266 g/mol. The van der Waals surface area contributed by atoms with Crippen LogP contribution < -0.4 is 10.1 Å². The lowest BCUT2D eigenvalue weighted by molar-refractivity contribution is -0.137. The van der Waals surface area contributed by atoms with Crippen LogP contribution in [0, 0.1) is 12.8 Å². The summed E-state index contributed by atoms with van der Waals surface area (Å²) in [5.74, 6) is 1.09. The van der Waals surface area contributed by atoms with Crippen LogP contribution in [0.2, 0.25) is 0 Å². The lowest BCUT2D eigenvalue weighted by atomic mass is 9.93. The number of hydrogen-bond donors (Lipinski definition) is 1. The van der Waals surface area contributed by atoms with Crippen molar-refractivity contribution in [2.24, 2.45) is 5.92 Å². The SMILES string of the molecule is CCOc1ccc(NC(=O)C(C)(CC(C)C)OC)cc1C. The first kappa shape index (κ1) is 17.5. The summed E-state index contributed by atoms with van der Waals surface area (Å²) >= 11 is 0. The quantitative estimate of drug-likeness (QED) is 0.832. The minimum Gasteiger partial charge on any atom is -0.494 e. The molecule has 4 nitrogen and oxygen atoms in total. The highest BCUT2D eigenvalue weighted by molar-refractivity contribution is 5.97. The number of aryl methyl sites for hydroxylation is 1. The second-order valence-electron chi connectivity index (χ2n) is 5.90. The molecule has 0 aliphatic carbocycles. The number of nitrogens with one attached hydrogen (secondary N) is 1. The molecule has 1 amide bonds. The smallest absolute Gasteiger partial charge is 0.256 e. The lowest BCUT2D eigenvalue weighted by Gasteiger charge is -2.28. The minimum atomic E-state index is -0.819. The Morgan fingerprint density at radius 1 is 1.38 bits per heavy atom. The normalized spacial score (nSPS) is 13.9. The van der Waals surface area contributed by atoms with Crippen LogP contribution in [0.15, 0.2) is 18.2 Å².